The molecule has 51 heavy (non-hydrogen) atoms. The molecule has 0 saturated carbocycles. The molecule has 0 heterocycles. The van der Waals surface area contributed by atoms with Crippen LogP contribution in [0.15, 0.2) is 127 Å². The van der Waals surface area contributed by atoms with Crippen LogP contribution in [0.4, 0.5) is 34.1 Å². The van der Waals surface area contributed by atoms with Crippen molar-refractivity contribution in [3.05, 3.63) is 161 Å². The summed E-state index contributed by atoms with van der Waals surface area (Å²) in [6.45, 7) is 12.9. The van der Waals surface area contributed by atoms with Crippen molar-refractivity contribution < 1.29 is 13.3 Å². The zero-order valence-electron chi connectivity index (χ0n) is 31.2. The molecule has 0 atom stereocenters. The number of benzene rings is 6. The van der Waals surface area contributed by atoms with E-state index in [0.29, 0.717) is 0 Å². The van der Waals surface area contributed by atoms with Gasteiger partial charge in [0.2, 0.25) is 0 Å². The van der Waals surface area contributed by atoms with Gasteiger partial charge < -0.3 is 23.1 Å². The third-order valence-corrected chi connectivity index (χ3v) is 11.9. The minimum absolute atomic E-state index is 0.909. The molecule has 0 fully saturated rings. The Balaban J connectivity index is 1.35. The van der Waals surface area contributed by atoms with E-state index in [2.05, 4.69) is 167 Å². The van der Waals surface area contributed by atoms with E-state index in [-0.39, 0.29) is 0 Å². The quantitative estimate of drug-likeness (QED) is 0.126. The molecule has 0 bridgehead atoms. The van der Waals surface area contributed by atoms with Gasteiger partial charge in [0.05, 0.1) is 0 Å². The molecular weight excluding hydrogens is 645 g/mol. The first-order valence-electron chi connectivity index (χ1n) is 17.3. The van der Waals surface area contributed by atoms with Gasteiger partial charge in [0, 0.05) is 60.6 Å². The third-order valence-electron chi connectivity index (χ3n) is 9.26. The Morgan fingerprint density at radius 3 is 0.863 bits per heavy atom. The van der Waals surface area contributed by atoms with Crippen molar-refractivity contribution in [2.45, 2.75) is 41.5 Å². The van der Waals surface area contributed by atoms with Gasteiger partial charge in [-0.05, 0) is 159 Å². The van der Waals surface area contributed by atoms with Crippen LogP contribution in [0.5, 0.6) is 0 Å². The van der Waals surface area contributed by atoms with Crippen LogP contribution in [-0.2, 0) is 13.3 Å². The Labute approximate surface area is 305 Å². The van der Waals surface area contributed by atoms with E-state index >= 15 is 0 Å². The number of anilines is 6. The van der Waals surface area contributed by atoms with Crippen LogP contribution < -0.4 is 15.0 Å². The van der Waals surface area contributed by atoms with Crippen molar-refractivity contribution >= 4 is 48.1 Å². The first-order chi connectivity index (χ1) is 24.5. The first-order valence-corrected chi connectivity index (χ1v) is 19.1. The minimum atomic E-state index is -2.95. The van der Waals surface area contributed by atoms with Gasteiger partial charge in [-0.15, -0.1) is 0 Å². The highest BCUT2D eigenvalue weighted by Crippen LogP contribution is 2.39. The lowest BCUT2D eigenvalue weighted by molar-refractivity contribution is 0.140. The molecule has 6 heteroatoms. The Kier molecular flexibility index (Phi) is 10.6. The lowest BCUT2D eigenvalue weighted by atomic mass is 10.0. The molecule has 260 valence electrons. The average Bonchev–Trinajstić information content (AvgIpc) is 3.10. The predicted molar refractivity (Wildman–Crippen MR) is 216 cm³/mol. The van der Waals surface area contributed by atoms with Crippen LogP contribution in [-0.4, -0.2) is 30.1 Å². The molecule has 6 rings (SSSR count). The van der Waals surface area contributed by atoms with E-state index in [1.807, 2.05) is 12.1 Å². The fourth-order valence-electron chi connectivity index (χ4n) is 7.16. The van der Waals surface area contributed by atoms with Crippen molar-refractivity contribution in [2.75, 3.05) is 31.1 Å². The molecule has 6 aromatic carbocycles. The van der Waals surface area contributed by atoms with Gasteiger partial charge in [0.15, 0.2) is 0 Å². The molecule has 0 spiro atoms. The van der Waals surface area contributed by atoms with E-state index in [1.165, 1.54) is 33.4 Å². The highest BCUT2D eigenvalue weighted by Gasteiger charge is 2.40. The monoisotopic (exact) mass is 692 g/mol. The van der Waals surface area contributed by atoms with Gasteiger partial charge in [-0.25, -0.2) is 0 Å². The topological polar surface area (TPSA) is 34.2 Å². The highest BCUT2D eigenvalue weighted by molar-refractivity contribution is 6.75. The van der Waals surface area contributed by atoms with Crippen molar-refractivity contribution in [1.29, 1.82) is 0 Å². The number of hydrogen-bond donors (Lipinski definition) is 0. The predicted octanol–water partition coefficient (Wildman–Crippen LogP) is 11.2. The zero-order chi connectivity index (χ0) is 36.3. The molecule has 5 nitrogen and oxygen atoms in total. The van der Waals surface area contributed by atoms with E-state index in [4.69, 9.17) is 13.3 Å². The maximum atomic E-state index is 5.74. The van der Waals surface area contributed by atoms with Crippen molar-refractivity contribution in [3.8, 4) is 11.1 Å². The molecule has 6 aromatic rings. The second-order valence-electron chi connectivity index (χ2n) is 13.5. The maximum absolute atomic E-state index is 5.74. The SMILES string of the molecule is CO[Si](OC)(OC)c1ccc(N(c2ccc(-c3ccc(N(c4cc(C)cc(C)c4)c4cc(C)cc(C)c4)cc3)cc2)c2cc(C)cc(C)c2)cc1. The van der Waals surface area contributed by atoms with Gasteiger partial charge in [-0.3, -0.25) is 0 Å². The second-order valence-corrected chi connectivity index (χ2v) is 16.4. The summed E-state index contributed by atoms with van der Waals surface area (Å²) in [5.41, 5.74) is 16.4. The number of aryl methyl sites for hydroxylation is 6. The summed E-state index contributed by atoms with van der Waals surface area (Å²) >= 11 is 0. The molecule has 0 N–H and O–H groups in total. The smallest absolute Gasteiger partial charge is 0.373 e. The Bertz CT molecular complexity index is 2000. The van der Waals surface area contributed by atoms with Crippen LogP contribution in [0.3, 0.4) is 0 Å². The fourth-order valence-corrected chi connectivity index (χ4v) is 8.94. The Morgan fingerprint density at radius 2 is 0.588 bits per heavy atom. The lowest BCUT2D eigenvalue weighted by Crippen LogP contribution is -2.54. The molecule has 0 aromatic heterocycles. The summed E-state index contributed by atoms with van der Waals surface area (Å²) in [6, 6.07) is 46.2. The minimum Gasteiger partial charge on any atom is -0.373 e. The molecule has 0 amide bonds. The lowest BCUT2D eigenvalue weighted by Gasteiger charge is -2.28. The second kappa shape index (κ2) is 15.1. The molecule has 0 aliphatic carbocycles. The van der Waals surface area contributed by atoms with Crippen molar-refractivity contribution in [2.24, 2.45) is 0 Å². The van der Waals surface area contributed by atoms with Crippen molar-refractivity contribution in [1.82, 2.24) is 0 Å². The fraction of sp³-hybridized carbons (Fsp3) is 0.200. The molecule has 0 unspecified atom stereocenters. The molecule has 0 aliphatic heterocycles. The molecular formula is C45H48N2O3Si. The summed E-state index contributed by atoms with van der Waals surface area (Å²) in [5, 5.41) is 0.909. The van der Waals surface area contributed by atoms with Gasteiger partial charge in [0.25, 0.3) is 0 Å². The molecule has 0 saturated heterocycles. The standard InChI is InChI=1S/C45H48N2O3Si/c1-31-22-32(2)26-42(25-31)46(41-18-20-45(21-19-41)51(48-7,49-8)50-9)39-14-10-37(11-15-39)38-12-16-40(17-13-38)47(43-27-33(3)23-34(4)28-43)44-29-35(5)24-36(6)30-44/h10-30H,1-9H3. The summed E-state index contributed by atoms with van der Waals surface area (Å²) < 4.78 is 17.2. The van der Waals surface area contributed by atoms with E-state index in [1.54, 1.807) is 21.3 Å². The highest BCUT2D eigenvalue weighted by atomic mass is 28.4. The van der Waals surface area contributed by atoms with Gasteiger partial charge in [-0.1, -0.05) is 54.6 Å². The summed E-state index contributed by atoms with van der Waals surface area (Å²) in [7, 11) is 1.95. The van der Waals surface area contributed by atoms with Crippen LogP contribution in [0.25, 0.3) is 11.1 Å². The third kappa shape index (κ3) is 7.70. The largest absolute Gasteiger partial charge is 0.536 e. The van der Waals surface area contributed by atoms with Crippen LogP contribution in [0, 0.1) is 41.5 Å². The van der Waals surface area contributed by atoms with Gasteiger partial charge >= 0.3 is 8.80 Å². The maximum Gasteiger partial charge on any atom is 0.536 e. The Morgan fingerprint density at radius 1 is 0.333 bits per heavy atom. The number of hydrogen-bond acceptors (Lipinski definition) is 5. The molecule has 0 aliphatic rings. The Hall–Kier alpha value is -4.98. The number of nitrogens with zero attached hydrogens (tertiary/aromatic N) is 2. The van der Waals surface area contributed by atoms with Gasteiger partial charge in [-0.2, -0.15) is 0 Å². The van der Waals surface area contributed by atoms with E-state index in [0.717, 1.165) is 50.4 Å². The van der Waals surface area contributed by atoms with Crippen LogP contribution in [0.1, 0.15) is 33.4 Å². The first kappa shape index (κ1) is 35.8. The summed E-state index contributed by atoms with van der Waals surface area (Å²) in [4.78, 5) is 4.65. The van der Waals surface area contributed by atoms with E-state index in [9.17, 15) is 0 Å². The van der Waals surface area contributed by atoms with E-state index < -0.39 is 8.80 Å². The number of rotatable bonds is 11. The zero-order valence-corrected chi connectivity index (χ0v) is 32.2. The average molecular weight is 693 g/mol. The molecule has 0 radical (unpaired) electrons. The summed E-state index contributed by atoms with van der Waals surface area (Å²) in [5.74, 6) is 0. The van der Waals surface area contributed by atoms with Crippen LogP contribution >= 0.6 is 0 Å². The van der Waals surface area contributed by atoms with Crippen LogP contribution in [0.2, 0.25) is 0 Å². The van der Waals surface area contributed by atoms with Crippen molar-refractivity contribution in [3.63, 3.8) is 0 Å². The normalized spacial score (nSPS) is 11.5. The summed E-state index contributed by atoms with van der Waals surface area (Å²) in [6.07, 6.45) is 0. The van der Waals surface area contributed by atoms with Gasteiger partial charge in [0.1, 0.15) is 0 Å².